The van der Waals surface area contributed by atoms with Gasteiger partial charge in [-0.3, -0.25) is 19.9 Å². The average molecular weight is 393 g/mol. The van der Waals surface area contributed by atoms with Gasteiger partial charge in [0.15, 0.2) is 0 Å². The van der Waals surface area contributed by atoms with Crippen LogP contribution in [0.3, 0.4) is 0 Å². The molecule has 2 N–H and O–H groups in total. The van der Waals surface area contributed by atoms with Crippen LogP contribution < -0.4 is 5.32 Å². The van der Waals surface area contributed by atoms with E-state index in [9.17, 15) is 20.0 Å². The second-order valence-electron chi connectivity index (χ2n) is 7.00. The number of fused-ring (bicyclic) bond motifs is 1. The highest BCUT2D eigenvalue weighted by Gasteiger charge is 2.26. The predicted octanol–water partition coefficient (Wildman–Crippen LogP) is 4.55. The standard InChI is InChI=1S/C22H23N3O4/c1-3-4-7-19(26)24-20(15-10-8-14(2)9-11-15)17-13-18(25(28)29)16-6-5-12-23-21(16)22(17)27/h5-6,8-13,20,27H,3-4,7H2,1-2H3,(H,24,26). The molecule has 3 aromatic rings. The van der Waals surface area contributed by atoms with Crippen molar-refractivity contribution in [3.63, 3.8) is 0 Å². The van der Waals surface area contributed by atoms with Crippen LogP contribution in [0, 0.1) is 17.0 Å². The maximum Gasteiger partial charge on any atom is 0.279 e. The van der Waals surface area contributed by atoms with E-state index in [1.165, 1.54) is 12.3 Å². The summed E-state index contributed by atoms with van der Waals surface area (Å²) in [4.78, 5) is 27.8. The van der Waals surface area contributed by atoms with E-state index in [2.05, 4.69) is 10.3 Å². The Morgan fingerprint density at radius 1 is 1.28 bits per heavy atom. The third-order valence-corrected chi connectivity index (χ3v) is 4.85. The molecule has 2 aromatic carbocycles. The first-order valence-corrected chi connectivity index (χ1v) is 9.53. The van der Waals surface area contributed by atoms with Crippen molar-refractivity contribution >= 4 is 22.5 Å². The highest BCUT2D eigenvalue weighted by molar-refractivity contribution is 5.94. The zero-order chi connectivity index (χ0) is 21.0. The number of hydrogen-bond donors (Lipinski definition) is 2. The Kier molecular flexibility index (Phi) is 6.07. The van der Waals surface area contributed by atoms with Crippen LogP contribution in [0.1, 0.15) is 48.9 Å². The minimum absolute atomic E-state index is 0.136. The summed E-state index contributed by atoms with van der Waals surface area (Å²) in [7, 11) is 0. The van der Waals surface area contributed by atoms with Gasteiger partial charge in [0.25, 0.3) is 5.69 Å². The maximum absolute atomic E-state index is 12.5. The molecular formula is C22H23N3O4. The summed E-state index contributed by atoms with van der Waals surface area (Å²) in [5.74, 6) is -0.354. The number of nitrogens with zero attached hydrogens (tertiary/aromatic N) is 2. The molecule has 0 aliphatic rings. The van der Waals surface area contributed by atoms with Crippen LogP contribution in [0.4, 0.5) is 5.69 Å². The first-order valence-electron chi connectivity index (χ1n) is 9.53. The smallest absolute Gasteiger partial charge is 0.279 e. The number of pyridine rings is 1. The lowest BCUT2D eigenvalue weighted by atomic mass is 9.94. The van der Waals surface area contributed by atoms with Gasteiger partial charge in [0.1, 0.15) is 11.3 Å². The zero-order valence-corrected chi connectivity index (χ0v) is 16.4. The van der Waals surface area contributed by atoms with Gasteiger partial charge in [-0.25, -0.2) is 0 Å². The first kappa shape index (κ1) is 20.3. The summed E-state index contributed by atoms with van der Waals surface area (Å²) < 4.78 is 0. The molecule has 0 saturated carbocycles. The van der Waals surface area contributed by atoms with Crippen LogP contribution in [0.5, 0.6) is 5.75 Å². The fourth-order valence-electron chi connectivity index (χ4n) is 3.27. The molecular weight excluding hydrogens is 370 g/mol. The Morgan fingerprint density at radius 3 is 2.66 bits per heavy atom. The summed E-state index contributed by atoms with van der Waals surface area (Å²) in [6, 6.07) is 11.2. The first-order chi connectivity index (χ1) is 13.9. The van der Waals surface area contributed by atoms with Crippen molar-refractivity contribution in [3.05, 3.63) is 75.5 Å². The lowest BCUT2D eigenvalue weighted by Crippen LogP contribution is -2.29. The monoisotopic (exact) mass is 393 g/mol. The minimum Gasteiger partial charge on any atom is -0.505 e. The molecule has 1 aromatic heterocycles. The Bertz CT molecular complexity index is 1050. The average Bonchev–Trinajstić information content (AvgIpc) is 2.72. The van der Waals surface area contributed by atoms with E-state index in [0.29, 0.717) is 6.42 Å². The van der Waals surface area contributed by atoms with Crippen molar-refractivity contribution in [1.82, 2.24) is 10.3 Å². The number of benzene rings is 2. The second kappa shape index (κ2) is 8.68. The summed E-state index contributed by atoms with van der Waals surface area (Å²) in [6.07, 6.45) is 3.42. The highest BCUT2D eigenvalue weighted by atomic mass is 16.6. The van der Waals surface area contributed by atoms with Crippen molar-refractivity contribution < 1.29 is 14.8 Å². The van der Waals surface area contributed by atoms with Gasteiger partial charge in [0.2, 0.25) is 5.91 Å². The molecule has 7 heteroatoms. The summed E-state index contributed by atoms with van der Waals surface area (Å²) >= 11 is 0. The summed E-state index contributed by atoms with van der Waals surface area (Å²) in [6.45, 7) is 3.94. The number of carbonyl (C=O) groups excluding carboxylic acids is 1. The molecule has 3 rings (SSSR count). The number of phenols is 1. The summed E-state index contributed by atoms with van der Waals surface area (Å²) in [5, 5.41) is 25.7. The Labute approximate surface area is 168 Å². The number of aryl methyl sites for hydroxylation is 1. The third-order valence-electron chi connectivity index (χ3n) is 4.85. The van der Waals surface area contributed by atoms with E-state index in [-0.39, 0.29) is 33.8 Å². The van der Waals surface area contributed by atoms with Gasteiger partial charge in [-0.15, -0.1) is 0 Å². The fraction of sp³-hybridized carbons (Fsp3) is 0.273. The van der Waals surface area contributed by atoms with Crippen LogP contribution in [-0.4, -0.2) is 20.9 Å². The molecule has 0 saturated heterocycles. The number of nitro benzene ring substituents is 1. The molecule has 1 heterocycles. The molecule has 7 nitrogen and oxygen atoms in total. The third kappa shape index (κ3) is 4.34. The fourth-order valence-corrected chi connectivity index (χ4v) is 3.27. The molecule has 1 amide bonds. The van der Waals surface area contributed by atoms with E-state index in [4.69, 9.17) is 0 Å². The Morgan fingerprint density at radius 2 is 2.00 bits per heavy atom. The van der Waals surface area contributed by atoms with E-state index >= 15 is 0 Å². The molecule has 0 aliphatic carbocycles. The predicted molar refractivity (Wildman–Crippen MR) is 111 cm³/mol. The normalized spacial score (nSPS) is 11.9. The number of carbonyl (C=O) groups is 1. The number of amides is 1. The number of nitro groups is 1. The van der Waals surface area contributed by atoms with E-state index in [1.54, 1.807) is 12.1 Å². The topological polar surface area (TPSA) is 105 Å². The van der Waals surface area contributed by atoms with Gasteiger partial charge < -0.3 is 10.4 Å². The molecule has 0 fully saturated rings. The molecule has 0 spiro atoms. The lowest BCUT2D eigenvalue weighted by Gasteiger charge is -2.21. The van der Waals surface area contributed by atoms with Crippen LogP contribution in [0.25, 0.3) is 10.9 Å². The number of non-ortho nitro benzene ring substituents is 1. The van der Waals surface area contributed by atoms with Crippen LogP contribution in [0.15, 0.2) is 48.7 Å². The van der Waals surface area contributed by atoms with E-state index in [0.717, 1.165) is 24.0 Å². The van der Waals surface area contributed by atoms with Crippen LogP contribution >= 0.6 is 0 Å². The second-order valence-corrected chi connectivity index (χ2v) is 7.00. The van der Waals surface area contributed by atoms with Gasteiger partial charge >= 0.3 is 0 Å². The van der Waals surface area contributed by atoms with Crippen molar-refractivity contribution in [2.75, 3.05) is 0 Å². The number of aromatic nitrogens is 1. The molecule has 0 aliphatic heterocycles. The van der Waals surface area contributed by atoms with Crippen molar-refractivity contribution in [3.8, 4) is 5.75 Å². The minimum atomic E-state index is -0.731. The number of hydrogen-bond acceptors (Lipinski definition) is 5. The van der Waals surface area contributed by atoms with Crippen LogP contribution in [0.2, 0.25) is 0 Å². The molecule has 1 atom stereocenters. The Balaban J connectivity index is 2.17. The van der Waals surface area contributed by atoms with Gasteiger partial charge in [-0.1, -0.05) is 43.2 Å². The number of unbranched alkanes of at least 4 members (excludes halogenated alkanes) is 1. The zero-order valence-electron chi connectivity index (χ0n) is 16.4. The highest BCUT2D eigenvalue weighted by Crippen LogP contribution is 2.39. The molecule has 150 valence electrons. The van der Waals surface area contributed by atoms with Crippen LogP contribution in [-0.2, 0) is 4.79 Å². The van der Waals surface area contributed by atoms with E-state index in [1.807, 2.05) is 38.1 Å². The number of nitrogens with one attached hydrogen (secondary N) is 1. The Hall–Kier alpha value is -3.48. The van der Waals surface area contributed by atoms with Crippen molar-refractivity contribution in [2.24, 2.45) is 0 Å². The van der Waals surface area contributed by atoms with Crippen molar-refractivity contribution in [1.29, 1.82) is 0 Å². The van der Waals surface area contributed by atoms with E-state index < -0.39 is 11.0 Å². The van der Waals surface area contributed by atoms with Crippen molar-refractivity contribution in [2.45, 2.75) is 39.2 Å². The quantitative estimate of drug-likeness (QED) is 0.452. The number of phenolic OH excluding ortho intramolecular Hbond substituents is 1. The molecule has 0 bridgehead atoms. The van der Waals surface area contributed by atoms with Gasteiger partial charge in [0.05, 0.1) is 16.4 Å². The maximum atomic E-state index is 12.5. The molecule has 29 heavy (non-hydrogen) atoms. The lowest BCUT2D eigenvalue weighted by molar-refractivity contribution is -0.383. The molecule has 0 radical (unpaired) electrons. The number of aromatic hydroxyl groups is 1. The molecule has 1 unspecified atom stereocenters. The SMILES string of the molecule is CCCCC(=O)NC(c1ccc(C)cc1)c1cc([N+](=O)[O-])c2cccnc2c1O. The number of rotatable bonds is 7. The largest absolute Gasteiger partial charge is 0.505 e. The summed E-state index contributed by atoms with van der Waals surface area (Å²) in [5.41, 5.74) is 1.98. The van der Waals surface area contributed by atoms with Gasteiger partial charge in [-0.2, -0.15) is 0 Å². The van der Waals surface area contributed by atoms with Gasteiger partial charge in [0, 0.05) is 24.2 Å². The van der Waals surface area contributed by atoms with Gasteiger partial charge in [-0.05, 0) is 31.0 Å².